The van der Waals surface area contributed by atoms with Gasteiger partial charge in [-0.25, -0.2) is 4.98 Å². The van der Waals surface area contributed by atoms with Crippen molar-refractivity contribution in [2.75, 3.05) is 16.8 Å². The predicted octanol–water partition coefficient (Wildman–Crippen LogP) is 5.63. The minimum Gasteiger partial charge on any atom is -0.324 e. The number of anilines is 1. The highest BCUT2D eigenvalue weighted by Gasteiger charge is 2.14. The van der Waals surface area contributed by atoms with Gasteiger partial charge in [-0.1, -0.05) is 66.4 Å². The van der Waals surface area contributed by atoms with Crippen molar-refractivity contribution in [3.63, 3.8) is 0 Å². The van der Waals surface area contributed by atoms with Crippen LogP contribution in [0, 0.1) is 11.3 Å². The molecule has 0 aliphatic rings. The first-order valence-electron chi connectivity index (χ1n) is 10.3. The molecule has 32 heavy (non-hydrogen) atoms. The quantitative estimate of drug-likeness (QED) is 0.329. The van der Waals surface area contributed by atoms with Gasteiger partial charge in [0.25, 0.3) is 0 Å². The maximum atomic E-state index is 12.7. The van der Waals surface area contributed by atoms with Crippen molar-refractivity contribution in [3.8, 4) is 6.07 Å². The number of imidazole rings is 1. The summed E-state index contributed by atoms with van der Waals surface area (Å²) < 4.78 is 2.19. The normalized spacial score (nSPS) is 10.7. The molecule has 3 aromatic carbocycles. The van der Waals surface area contributed by atoms with E-state index in [0.29, 0.717) is 5.75 Å². The van der Waals surface area contributed by atoms with Crippen LogP contribution in [0.3, 0.4) is 0 Å². The summed E-state index contributed by atoms with van der Waals surface area (Å²) in [4.78, 5) is 18.3. The van der Waals surface area contributed by atoms with Crippen LogP contribution in [0.2, 0.25) is 0 Å². The van der Waals surface area contributed by atoms with Gasteiger partial charge in [-0.3, -0.25) is 4.79 Å². The largest absolute Gasteiger partial charge is 0.324 e. The summed E-state index contributed by atoms with van der Waals surface area (Å²) in [6.07, 6.45) is 0.893. The smallest absolute Gasteiger partial charge is 0.234 e. The van der Waals surface area contributed by atoms with E-state index in [-0.39, 0.29) is 11.7 Å². The standard InChI is InChI=1S/C25H22N4OS2/c26-15-17-31-23-13-7-5-11-21(23)27-24(30)18-32-25-28-20-10-4-6-12-22(20)29(25)16-14-19-8-2-1-3-9-19/h1-13H,14,16-18H2,(H,27,30). The minimum atomic E-state index is -0.0957. The third kappa shape index (κ3) is 5.52. The van der Waals surface area contributed by atoms with E-state index in [4.69, 9.17) is 10.2 Å². The average molecular weight is 459 g/mol. The van der Waals surface area contributed by atoms with Crippen molar-refractivity contribution in [2.24, 2.45) is 0 Å². The lowest BCUT2D eigenvalue weighted by Gasteiger charge is -2.11. The lowest BCUT2D eigenvalue weighted by Crippen LogP contribution is -2.15. The van der Waals surface area contributed by atoms with Crippen LogP contribution in [0.4, 0.5) is 5.69 Å². The van der Waals surface area contributed by atoms with E-state index < -0.39 is 0 Å². The number of para-hydroxylation sites is 3. The molecule has 0 unspecified atom stereocenters. The SMILES string of the molecule is N#CCSc1ccccc1NC(=O)CSc1nc2ccccc2n1CCc1ccccc1. The van der Waals surface area contributed by atoms with E-state index in [2.05, 4.69) is 34.2 Å². The van der Waals surface area contributed by atoms with E-state index in [0.717, 1.165) is 39.7 Å². The first-order chi connectivity index (χ1) is 15.7. The molecule has 7 heteroatoms. The van der Waals surface area contributed by atoms with Crippen molar-refractivity contribution >= 4 is 46.2 Å². The summed E-state index contributed by atoms with van der Waals surface area (Å²) in [5, 5.41) is 12.7. The monoisotopic (exact) mass is 458 g/mol. The first-order valence-corrected chi connectivity index (χ1v) is 12.2. The molecule has 0 bridgehead atoms. The molecule has 1 N–H and O–H groups in total. The number of carbonyl (C=O) groups excluding carboxylic acids is 1. The van der Waals surface area contributed by atoms with E-state index in [1.807, 2.05) is 60.7 Å². The second-order valence-electron chi connectivity index (χ2n) is 7.05. The van der Waals surface area contributed by atoms with Crippen LogP contribution in [-0.2, 0) is 17.8 Å². The van der Waals surface area contributed by atoms with Gasteiger partial charge in [0.05, 0.1) is 34.3 Å². The van der Waals surface area contributed by atoms with Crippen molar-refractivity contribution in [1.82, 2.24) is 9.55 Å². The highest BCUT2D eigenvalue weighted by molar-refractivity contribution is 8.00. The summed E-state index contributed by atoms with van der Waals surface area (Å²) in [7, 11) is 0. The topological polar surface area (TPSA) is 70.7 Å². The number of amides is 1. The average Bonchev–Trinajstić information content (AvgIpc) is 3.19. The number of hydrogen-bond donors (Lipinski definition) is 1. The Balaban J connectivity index is 1.46. The summed E-state index contributed by atoms with van der Waals surface area (Å²) >= 11 is 2.85. The Morgan fingerprint density at radius 3 is 2.56 bits per heavy atom. The molecule has 0 radical (unpaired) electrons. The van der Waals surface area contributed by atoms with Crippen molar-refractivity contribution in [3.05, 3.63) is 84.4 Å². The number of fused-ring (bicyclic) bond motifs is 1. The molecular formula is C25H22N4OS2. The molecule has 0 aliphatic carbocycles. The third-order valence-corrected chi connectivity index (χ3v) is 6.79. The van der Waals surface area contributed by atoms with E-state index >= 15 is 0 Å². The Labute approximate surface area is 195 Å². The molecule has 4 aromatic rings. The van der Waals surface area contributed by atoms with Gasteiger partial charge in [-0.15, -0.1) is 11.8 Å². The molecular weight excluding hydrogens is 436 g/mol. The van der Waals surface area contributed by atoms with Crippen molar-refractivity contribution in [2.45, 2.75) is 23.0 Å². The van der Waals surface area contributed by atoms with Crippen LogP contribution in [0.15, 0.2) is 88.9 Å². The number of nitrogens with one attached hydrogen (secondary N) is 1. The van der Waals surface area contributed by atoms with Gasteiger partial charge in [0.1, 0.15) is 0 Å². The van der Waals surface area contributed by atoms with Gasteiger partial charge < -0.3 is 9.88 Å². The molecule has 0 spiro atoms. The van der Waals surface area contributed by atoms with Gasteiger partial charge in [0.15, 0.2) is 5.16 Å². The Bertz CT molecular complexity index is 1250. The molecule has 0 atom stereocenters. The van der Waals surface area contributed by atoms with Crippen LogP contribution in [0.25, 0.3) is 11.0 Å². The van der Waals surface area contributed by atoms with Gasteiger partial charge in [-0.2, -0.15) is 5.26 Å². The first kappa shape index (κ1) is 22.0. The number of thioether (sulfide) groups is 2. The second kappa shape index (κ2) is 10.9. The zero-order chi connectivity index (χ0) is 22.2. The highest BCUT2D eigenvalue weighted by Crippen LogP contribution is 2.28. The van der Waals surface area contributed by atoms with Gasteiger partial charge in [0, 0.05) is 11.4 Å². The Hall–Kier alpha value is -3.21. The van der Waals surface area contributed by atoms with Crippen LogP contribution < -0.4 is 5.32 Å². The zero-order valence-electron chi connectivity index (χ0n) is 17.4. The van der Waals surface area contributed by atoms with Crippen molar-refractivity contribution in [1.29, 1.82) is 5.26 Å². The summed E-state index contributed by atoms with van der Waals surface area (Å²) in [6.45, 7) is 0.794. The highest BCUT2D eigenvalue weighted by atomic mass is 32.2. The third-order valence-electron chi connectivity index (χ3n) is 4.87. The molecule has 0 saturated heterocycles. The van der Waals surface area contributed by atoms with Crippen LogP contribution in [0.1, 0.15) is 5.56 Å². The summed E-state index contributed by atoms with van der Waals surface area (Å²) in [6, 6.07) is 28.1. The summed E-state index contributed by atoms with van der Waals surface area (Å²) in [5.41, 5.74) is 4.01. The molecule has 5 nitrogen and oxygen atoms in total. The molecule has 1 heterocycles. The van der Waals surface area contributed by atoms with E-state index in [9.17, 15) is 4.79 Å². The Morgan fingerprint density at radius 1 is 0.969 bits per heavy atom. The predicted molar refractivity (Wildman–Crippen MR) is 132 cm³/mol. The molecule has 1 aromatic heterocycles. The fourth-order valence-electron chi connectivity index (χ4n) is 3.39. The molecule has 0 aliphatic heterocycles. The van der Waals surface area contributed by atoms with Gasteiger partial charge in [-0.05, 0) is 36.2 Å². The van der Waals surface area contributed by atoms with Crippen LogP contribution in [0.5, 0.6) is 0 Å². The molecule has 1 amide bonds. The number of rotatable bonds is 9. The fraction of sp³-hybridized carbons (Fsp3) is 0.160. The van der Waals surface area contributed by atoms with E-state index in [1.165, 1.54) is 29.1 Å². The maximum absolute atomic E-state index is 12.7. The Kier molecular flexibility index (Phi) is 7.49. The molecule has 0 fully saturated rings. The lowest BCUT2D eigenvalue weighted by atomic mass is 10.1. The molecule has 4 rings (SSSR count). The van der Waals surface area contributed by atoms with Crippen LogP contribution in [-0.4, -0.2) is 27.0 Å². The number of nitrogens with zero attached hydrogens (tertiary/aromatic N) is 3. The van der Waals surface area contributed by atoms with Crippen molar-refractivity contribution < 1.29 is 4.79 Å². The maximum Gasteiger partial charge on any atom is 0.234 e. The van der Waals surface area contributed by atoms with Gasteiger partial charge >= 0.3 is 0 Å². The number of aryl methyl sites for hydroxylation is 2. The van der Waals surface area contributed by atoms with Crippen LogP contribution >= 0.6 is 23.5 Å². The molecule has 0 saturated carbocycles. The van der Waals surface area contributed by atoms with E-state index in [1.54, 1.807) is 0 Å². The molecule has 160 valence electrons. The lowest BCUT2D eigenvalue weighted by molar-refractivity contribution is -0.113. The number of nitriles is 1. The number of aromatic nitrogens is 2. The number of benzene rings is 3. The Morgan fingerprint density at radius 2 is 1.72 bits per heavy atom. The summed E-state index contributed by atoms with van der Waals surface area (Å²) in [5.74, 6) is 0.501. The fourth-order valence-corrected chi connectivity index (χ4v) is 4.90. The number of carbonyl (C=O) groups is 1. The van der Waals surface area contributed by atoms with Gasteiger partial charge in [0.2, 0.25) is 5.91 Å². The number of hydrogen-bond acceptors (Lipinski definition) is 5. The second-order valence-corrected chi connectivity index (χ2v) is 9.01. The zero-order valence-corrected chi connectivity index (χ0v) is 19.0. The minimum absolute atomic E-state index is 0.0957.